The van der Waals surface area contributed by atoms with Gasteiger partial charge in [0.2, 0.25) is 5.78 Å². The van der Waals surface area contributed by atoms with Gasteiger partial charge in [-0.25, -0.2) is 0 Å². The monoisotopic (exact) mass is 399 g/mol. The zero-order valence-electron chi connectivity index (χ0n) is 16.1. The predicted octanol–water partition coefficient (Wildman–Crippen LogP) is 2.72. The summed E-state index contributed by atoms with van der Waals surface area (Å²) in [6, 6.07) is 7.74. The first-order chi connectivity index (χ1) is 13.8. The molecule has 0 spiro atoms. The molecule has 0 saturated carbocycles. The largest absolute Gasteiger partial charge is 0.503 e. The first-order valence-electron chi connectivity index (χ1n) is 9.02. The third-order valence-corrected chi connectivity index (χ3v) is 4.69. The van der Waals surface area contributed by atoms with Crippen molar-refractivity contribution in [3.8, 4) is 0 Å². The average molecular weight is 399 g/mol. The molecule has 1 aliphatic rings. The summed E-state index contributed by atoms with van der Waals surface area (Å²) in [5.74, 6) is -2.00. The molecule has 9 heteroatoms. The van der Waals surface area contributed by atoms with E-state index in [0.717, 1.165) is 0 Å². The molecular formula is C20H21N3O6. The third-order valence-electron chi connectivity index (χ3n) is 4.69. The molecule has 3 rings (SSSR count). The van der Waals surface area contributed by atoms with Crippen molar-refractivity contribution in [3.05, 3.63) is 75.4 Å². The number of benzene rings is 1. The van der Waals surface area contributed by atoms with Crippen molar-refractivity contribution in [3.63, 3.8) is 0 Å². The zero-order chi connectivity index (χ0) is 21.1. The molecule has 0 saturated heterocycles. The van der Waals surface area contributed by atoms with E-state index in [2.05, 4.69) is 0 Å². The number of nitro groups is 1. The number of Topliss-reactive ketones (excluding diaryl/α,β-unsaturated/α-hetero) is 1. The highest BCUT2D eigenvalue weighted by atomic mass is 16.6. The molecular weight excluding hydrogens is 378 g/mol. The highest BCUT2D eigenvalue weighted by molar-refractivity contribution is 6.15. The molecule has 1 aromatic carbocycles. The van der Waals surface area contributed by atoms with Crippen molar-refractivity contribution in [2.45, 2.75) is 12.5 Å². The minimum Gasteiger partial charge on any atom is -0.503 e. The van der Waals surface area contributed by atoms with Gasteiger partial charge in [0, 0.05) is 18.7 Å². The molecule has 1 aromatic heterocycles. The first kappa shape index (κ1) is 20.3. The minimum atomic E-state index is -0.942. The SMILES string of the molecule is CN(C)CCCN1C(=O)C(O)=C(C(=O)c2ccco2)[C@@H]1c1cccc([N+](=O)[O-])c1. The van der Waals surface area contributed by atoms with E-state index in [1.165, 1.54) is 41.5 Å². The lowest BCUT2D eigenvalue weighted by atomic mass is 9.94. The molecule has 1 atom stereocenters. The summed E-state index contributed by atoms with van der Waals surface area (Å²) < 4.78 is 5.15. The lowest BCUT2D eigenvalue weighted by molar-refractivity contribution is -0.384. The number of aliphatic hydroxyl groups excluding tert-OH is 1. The van der Waals surface area contributed by atoms with Crippen LogP contribution < -0.4 is 0 Å². The Morgan fingerprint density at radius 1 is 1.31 bits per heavy atom. The van der Waals surface area contributed by atoms with Crippen LogP contribution in [0.5, 0.6) is 0 Å². The maximum atomic E-state index is 13.0. The zero-order valence-corrected chi connectivity index (χ0v) is 16.1. The van der Waals surface area contributed by atoms with Crippen LogP contribution in [-0.2, 0) is 4.79 Å². The van der Waals surface area contributed by atoms with Gasteiger partial charge in [-0.1, -0.05) is 12.1 Å². The molecule has 1 aliphatic heterocycles. The van der Waals surface area contributed by atoms with Crippen LogP contribution in [0.4, 0.5) is 5.69 Å². The Balaban J connectivity index is 2.04. The smallest absolute Gasteiger partial charge is 0.290 e. The van der Waals surface area contributed by atoms with Gasteiger partial charge in [0.25, 0.3) is 11.6 Å². The Bertz CT molecular complexity index is 964. The maximum Gasteiger partial charge on any atom is 0.290 e. The summed E-state index contributed by atoms with van der Waals surface area (Å²) in [5.41, 5.74) is 0.0611. The quantitative estimate of drug-likeness (QED) is 0.412. The number of ketones is 1. The maximum absolute atomic E-state index is 13.0. The Hall–Kier alpha value is -3.46. The van der Waals surface area contributed by atoms with Gasteiger partial charge in [-0.3, -0.25) is 19.7 Å². The van der Waals surface area contributed by atoms with E-state index in [1.54, 1.807) is 6.07 Å². The van der Waals surface area contributed by atoms with E-state index >= 15 is 0 Å². The van der Waals surface area contributed by atoms with Crippen LogP contribution in [0.15, 0.2) is 58.4 Å². The number of carbonyl (C=O) groups excluding carboxylic acids is 2. The number of non-ortho nitro benzene ring substituents is 1. The second kappa shape index (κ2) is 8.27. The molecule has 2 heterocycles. The summed E-state index contributed by atoms with van der Waals surface area (Å²) in [6.45, 7) is 0.955. The van der Waals surface area contributed by atoms with Gasteiger partial charge in [-0.15, -0.1) is 0 Å². The highest BCUT2D eigenvalue weighted by Gasteiger charge is 2.44. The number of hydrogen-bond acceptors (Lipinski definition) is 7. The number of amides is 1. The number of carbonyl (C=O) groups is 2. The molecule has 9 nitrogen and oxygen atoms in total. The normalized spacial score (nSPS) is 16.7. The van der Waals surface area contributed by atoms with Gasteiger partial charge >= 0.3 is 0 Å². The fraction of sp³-hybridized carbons (Fsp3) is 0.300. The molecule has 0 unspecified atom stereocenters. The number of nitro benzene ring substituents is 1. The highest BCUT2D eigenvalue weighted by Crippen LogP contribution is 2.39. The first-order valence-corrected chi connectivity index (χ1v) is 9.02. The lowest BCUT2D eigenvalue weighted by Gasteiger charge is -2.27. The topological polar surface area (TPSA) is 117 Å². The standard InChI is InChI=1S/C20H21N3O6/c1-21(2)9-5-10-22-17(13-6-3-7-14(12-13)23(27)28)16(19(25)20(22)26)18(24)15-8-4-11-29-15/h3-4,6-8,11-12,17,25H,5,9-10H2,1-2H3/t17-/m0/s1. The summed E-state index contributed by atoms with van der Waals surface area (Å²) in [7, 11) is 3.79. The predicted molar refractivity (Wildman–Crippen MR) is 103 cm³/mol. The minimum absolute atomic E-state index is 0.0232. The van der Waals surface area contributed by atoms with Crippen molar-refractivity contribution in [2.24, 2.45) is 0 Å². The van der Waals surface area contributed by atoms with Gasteiger partial charge < -0.3 is 19.3 Å². The summed E-state index contributed by atoms with van der Waals surface area (Å²) in [4.78, 5) is 39.7. The molecule has 0 aliphatic carbocycles. The Morgan fingerprint density at radius 2 is 2.07 bits per heavy atom. The number of hydrogen-bond donors (Lipinski definition) is 1. The molecule has 0 bridgehead atoms. The molecule has 1 amide bonds. The Labute approximate surface area is 167 Å². The third kappa shape index (κ3) is 4.04. The van der Waals surface area contributed by atoms with Crippen LogP contribution in [-0.4, -0.2) is 58.7 Å². The van der Waals surface area contributed by atoms with Gasteiger partial charge in [0.15, 0.2) is 11.5 Å². The second-order valence-electron chi connectivity index (χ2n) is 6.98. The number of rotatable bonds is 8. The fourth-order valence-electron chi connectivity index (χ4n) is 3.37. The summed E-state index contributed by atoms with van der Waals surface area (Å²) in [6.07, 6.45) is 1.92. The van der Waals surface area contributed by atoms with Crippen molar-refractivity contribution in [1.82, 2.24) is 9.80 Å². The molecule has 0 radical (unpaired) electrons. The van der Waals surface area contributed by atoms with Crippen LogP contribution in [0.25, 0.3) is 0 Å². The van der Waals surface area contributed by atoms with E-state index in [0.29, 0.717) is 18.5 Å². The fourth-order valence-corrected chi connectivity index (χ4v) is 3.37. The average Bonchev–Trinajstić information content (AvgIpc) is 3.30. The number of nitrogens with zero attached hydrogens (tertiary/aromatic N) is 3. The molecule has 0 fully saturated rings. The molecule has 29 heavy (non-hydrogen) atoms. The number of aliphatic hydroxyl groups is 1. The Morgan fingerprint density at radius 3 is 2.69 bits per heavy atom. The van der Waals surface area contributed by atoms with E-state index in [9.17, 15) is 24.8 Å². The van der Waals surface area contributed by atoms with Crippen LogP contribution in [0.2, 0.25) is 0 Å². The molecule has 2 aromatic rings. The number of furan rings is 1. The second-order valence-corrected chi connectivity index (χ2v) is 6.98. The molecule has 152 valence electrons. The van der Waals surface area contributed by atoms with Gasteiger partial charge in [0.1, 0.15) is 0 Å². The van der Waals surface area contributed by atoms with Crippen molar-refractivity contribution in [2.75, 3.05) is 27.2 Å². The van der Waals surface area contributed by atoms with Gasteiger partial charge in [-0.05, 0) is 44.8 Å². The Kier molecular flexibility index (Phi) is 5.79. The van der Waals surface area contributed by atoms with Crippen molar-refractivity contribution >= 4 is 17.4 Å². The van der Waals surface area contributed by atoms with Gasteiger partial charge in [-0.2, -0.15) is 0 Å². The van der Waals surface area contributed by atoms with E-state index in [-0.39, 0.29) is 23.6 Å². The van der Waals surface area contributed by atoms with Crippen molar-refractivity contribution in [1.29, 1.82) is 0 Å². The summed E-state index contributed by atoms with van der Waals surface area (Å²) >= 11 is 0. The van der Waals surface area contributed by atoms with Crippen LogP contribution in [0.1, 0.15) is 28.6 Å². The van der Waals surface area contributed by atoms with E-state index in [1.807, 2.05) is 19.0 Å². The molecule has 1 N–H and O–H groups in total. The van der Waals surface area contributed by atoms with Crippen molar-refractivity contribution < 1.29 is 24.0 Å². The lowest BCUT2D eigenvalue weighted by Crippen LogP contribution is -2.33. The van der Waals surface area contributed by atoms with Crippen LogP contribution in [0, 0.1) is 10.1 Å². The van der Waals surface area contributed by atoms with E-state index in [4.69, 9.17) is 4.42 Å². The van der Waals surface area contributed by atoms with Gasteiger partial charge in [0.05, 0.1) is 22.8 Å². The van der Waals surface area contributed by atoms with Crippen LogP contribution >= 0.6 is 0 Å². The summed E-state index contributed by atoms with van der Waals surface area (Å²) in [5, 5.41) is 21.7. The van der Waals surface area contributed by atoms with Crippen LogP contribution in [0.3, 0.4) is 0 Å². The van der Waals surface area contributed by atoms with E-state index < -0.39 is 28.4 Å².